The zero-order chi connectivity index (χ0) is 29.3. The van der Waals surface area contributed by atoms with Crippen LogP contribution in [-0.2, 0) is 18.9 Å². The summed E-state index contributed by atoms with van der Waals surface area (Å²) in [6.07, 6.45) is -6.75. The van der Waals surface area contributed by atoms with Gasteiger partial charge in [-0.15, -0.1) is 11.8 Å². The molecule has 9 heteroatoms. The second-order valence-electron chi connectivity index (χ2n) is 9.40. The predicted octanol–water partition coefficient (Wildman–Crippen LogP) is 5.17. The van der Waals surface area contributed by atoms with E-state index in [9.17, 15) is 19.5 Å². The summed E-state index contributed by atoms with van der Waals surface area (Å²) in [7, 11) is 0. The minimum absolute atomic E-state index is 0.220. The van der Waals surface area contributed by atoms with Gasteiger partial charge in [0.05, 0.1) is 16.7 Å². The minimum atomic E-state index is -1.68. The van der Waals surface area contributed by atoms with E-state index in [0.717, 1.165) is 4.90 Å². The van der Waals surface area contributed by atoms with E-state index in [4.69, 9.17) is 18.9 Å². The molecule has 4 aromatic carbocycles. The van der Waals surface area contributed by atoms with Crippen molar-refractivity contribution in [3.8, 4) is 0 Å². The molecule has 1 heterocycles. The summed E-state index contributed by atoms with van der Waals surface area (Å²) in [5, 5.41) is 11.1. The van der Waals surface area contributed by atoms with Crippen LogP contribution in [0.2, 0.25) is 0 Å². The quantitative estimate of drug-likeness (QED) is 0.162. The van der Waals surface area contributed by atoms with E-state index in [1.807, 2.05) is 30.3 Å². The number of aliphatic hydroxyl groups excluding tert-OH is 1. The van der Waals surface area contributed by atoms with Gasteiger partial charge in [0.2, 0.25) is 0 Å². The molecule has 0 amide bonds. The molecule has 5 rings (SSSR count). The molecule has 5 atom stereocenters. The molecule has 0 radical (unpaired) electrons. The molecule has 1 aliphatic rings. The number of ether oxygens (including phenoxy) is 4. The van der Waals surface area contributed by atoms with E-state index in [1.54, 1.807) is 91.0 Å². The van der Waals surface area contributed by atoms with Gasteiger partial charge in [0, 0.05) is 10.6 Å². The summed E-state index contributed by atoms with van der Waals surface area (Å²) < 4.78 is 23.4. The van der Waals surface area contributed by atoms with E-state index in [0.29, 0.717) is 0 Å². The van der Waals surface area contributed by atoms with Gasteiger partial charge >= 0.3 is 17.9 Å². The molecular formula is C33H28O8S. The van der Waals surface area contributed by atoms with Crippen LogP contribution in [0.1, 0.15) is 31.1 Å². The van der Waals surface area contributed by atoms with Crippen LogP contribution in [0, 0.1) is 0 Å². The molecule has 1 N–H and O–H groups in total. The van der Waals surface area contributed by atoms with Crippen molar-refractivity contribution >= 4 is 29.7 Å². The largest absolute Gasteiger partial charge is 0.452 e. The fraction of sp³-hybridized carbons (Fsp3) is 0.182. The average Bonchev–Trinajstić information content (AvgIpc) is 3.04. The lowest BCUT2D eigenvalue weighted by Crippen LogP contribution is -2.62. The Balaban J connectivity index is 1.48. The molecule has 1 aliphatic heterocycles. The molecule has 0 spiro atoms. The monoisotopic (exact) mass is 584 g/mol. The normalized spacial score (nSPS) is 21.6. The zero-order valence-corrected chi connectivity index (χ0v) is 23.2. The molecule has 0 aromatic heterocycles. The number of hydrogen-bond acceptors (Lipinski definition) is 9. The van der Waals surface area contributed by atoms with Crippen LogP contribution in [0.15, 0.2) is 126 Å². The van der Waals surface area contributed by atoms with Crippen LogP contribution in [-0.4, -0.2) is 59.5 Å². The number of aliphatic hydroxyl groups is 1. The lowest BCUT2D eigenvalue weighted by atomic mass is 9.98. The van der Waals surface area contributed by atoms with E-state index in [1.165, 1.54) is 11.8 Å². The van der Waals surface area contributed by atoms with Crippen LogP contribution < -0.4 is 0 Å². The van der Waals surface area contributed by atoms with Crippen molar-refractivity contribution in [2.24, 2.45) is 0 Å². The van der Waals surface area contributed by atoms with E-state index >= 15 is 0 Å². The first-order valence-corrected chi connectivity index (χ1v) is 14.3. The first-order chi connectivity index (χ1) is 20.5. The Labute approximate surface area is 247 Å². The first-order valence-electron chi connectivity index (χ1n) is 13.3. The Kier molecular flexibility index (Phi) is 9.66. The molecule has 8 nitrogen and oxygen atoms in total. The molecule has 0 bridgehead atoms. The van der Waals surface area contributed by atoms with Crippen molar-refractivity contribution in [3.05, 3.63) is 138 Å². The third-order valence-corrected chi connectivity index (χ3v) is 7.63. The standard InChI is InChI=1S/C33H28O8S/c34-30(22-13-5-1-6-14-22)39-27-26(21-42-25-19-11-4-12-20-25)38-33(37)29(41-32(36)24-17-9-3-10-18-24)28(27)40-31(35)23-15-7-2-8-16-23/h1-20,26-29,33,37H,21H2/t26-,27+,28+,29-,33-/m1/s1. The fourth-order valence-corrected chi connectivity index (χ4v) is 5.40. The number of hydrogen-bond donors (Lipinski definition) is 1. The number of benzene rings is 4. The van der Waals surface area contributed by atoms with Crippen molar-refractivity contribution in [1.29, 1.82) is 0 Å². The fourth-order valence-electron chi connectivity index (χ4n) is 4.42. The second-order valence-corrected chi connectivity index (χ2v) is 10.5. The summed E-state index contributed by atoms with van der Waals surface area (Å²) in [4.78, 5) is 40.5. The predicted molar refractivity (Wildman–Crippen MR) is 155 cm³/mol. The molecule has 1 saturated heterocycles. The van der Waals surface area contributed by atoms with E-state index in [-0.39, 0.29) is 22.4 Å². The number of thioether (sulfide) groups is 1. The highest BCUT2D eigenvalue weighted by Gasteiger charge is 2.52. The van der Waals surface area contributed by atoms with Crippen LogP contribution in [0.5, 0.6) is 0 Å². The third kappa shape index (κ3) is 7.25. The van der Waals surface area contributed by atoms with Crippen LogP contribution >= 0.6 is 11.8 Å². The maximum Gasteiger partial charge on any atom is 0.338 e. The average molecular weight is 585 g/mol. The van der Waals surface area contributed by atoms with Crippen molar-refractivity contribution in [1.82, 2.24) is 0 Å². The summed E-state index contributed by atoms with van der Waals surface area (Å²) in [5.74, 6) is -1.98. The van der Waals surface area contributed by atoms with Gasteiger partial charge in [0.25, 0.3) is 0 Å². The van der Waals surface area contributed by atoms with Gasteiger partial charge in [0.1, 0.15) is 6.10 Å². The highest BCUT2D eigenvalue weighted by Crippen LogP contribution is 2.32. The highest BCUT2D eigenvalue weighted by molar-refractivity contribution is 7.99. The van der Waals surface area contributed by atoms with E-state index < -0.39 is 48.6 Å². The Morgan fingerprint density at radius 2 is 0.952 bits per heavy atom. The lowest BCUT2D eigenvalue weighted by molar-refractivity contribution is -0.274. The molecule has 0 aliphatic carbocycles. The molecule has 1 fully saturated rings. The molecule has 4 aromatic rings. The smallest absolute Gasteiger partial charge is 0.338 e. The maximum atomic E-state index is 13.3. The third-order valence-electron chi connectivity index (χ3n) is 6.52. The van der Waals surface area contributed by atoms with Gasteiger partial charge in [-0.25, -0.2) is 14.4 Å². The maximum absolute atomic E-state index is 13.3. The van der Waals surface area contributed by atoms with Crippen LogP contribution in [0.4, 0.5) is 0 Å². The SMILES string of the molecule is O=C(O[C@@H]1[C@@H](OC(=O)c2ccccc2)[C@H](O)O[C@H](CSc2ccccc2)[C@@H]1OC(=O)c1ccccc1)c1ccccc1. The van der Waals surface area contributed by atoms with Crippen LogP contribution in [0.25, 0.3) is 0 Å². The molecule has 214 valence electrons. The Morgan fingerprint density at radius 3 is 1.40 bits per heavy atom. The highest BCUT2D eigenvalue weighted by atomic mass is 32.2. The summed E-state index contributed by atoms with van der Waals surface area (Å²) in [6.45, 7) is 0. The minimum Gasteiger partial charge on any atom is -0.452 e. The Hall–Kier alpha value is -4.44. The van der Waals surface area contributed by atoms with Gasteiger partial charge < -0.3 is 24.1 Å². The van der Waals surface area contributed by atoms with Crippen LogP contribution in [0.3, 0.4) is 0 Å². The Bertz CT molecular complexity index is 1470. The molecule has 42 heavy (non-hydrogen) atoms. The summed E-state index contributed by atoms with van der Waals surface area (Å²) in [6, 6.07) is 34.2. The van der Waals surface area contributed by atoms with Crippen molar-refractivity contribution in [2.45, 2.75) is 35.6 Å². The topological polar surface area (TPSA) is 108 Å². The van der Waals surface area contributed by atoms with Crippen molar-refractivity contribution in [3.63, 3.8) is 0 Å². The molecule has 0 saturated carbocycles. The first kappa shape index (κ1) is 29.1. The number of rotatable bonds is 9. The summed E-state index contributed by atoms with van der Waals surface area (Å²) >= 11 is 1.41. The molecular weight excluding hydrogens is 556 g/mol. The van der Waals surface area contributed by atoms with Gasteiger partial charge in [-0.1, -0.05) is 72.8 Å². The van der Waals surface area contributed by atoms with Crippen molar-refractivity contribution < 1.29 is 38.4 Å². The van der Waals surface area contributed by atoms with Gasteiger partial charge in [-0.05, 0) is 48.5 Å². The van der Waals surface area contributed by atoms with Crippen molar-refractivity contribution in [2.75, 3.05) is 5.75 Å². The van der Waals surface area contributed by atoms with Gasteiger partial charge in [-0.3, -0.25) is 0 Å². The summed E-state index contributed by atoms with van der Waals surface area (Å²) in [5.41, 5.74) is 0.719. The number of carbonyl (C=O) groups is 3. The van der Waals surface area contributed by atoms with Gasteiger partial charge in [-0.2, -0.15) is 0 Å². The number of esters is 3. The van der Waals surface area contributed by atoms with Gasteiger partial charge in [0.15, 0.2) is 24.6 Å². The molecule has 0 unspecified atom stereocenters. The second kappa shape index (κ2) is 14.0. The number of carbonyl (C=O) groups excluding carboxylic acids is 3. The Morgan fingerprint density at radius 1 is 0.571 bits per heavy atom. The lowest BCUT2D eigenvalue weighted by Gasteiger charge is -2.43. The zero-order valence-electron chi connectivity index (χ0n) is 22.4. The van der Waals surface area contributed by atoms with E-state index in [2.05, 4.69) is 0 Å².